The SMILES string of the molecule is O=C(COc1ccc(-c2nc(-c3ccccc3)c(-c3ccccc3)s2)cc1)CN1CCCCC1. The Labute approximate surface area is 204 Å². The van der Waals surface area contributed by atoms with E-state index in [9.17, 15) is 4.79 Å². The van der Waals surface area contributed by atoms with Crippen LogP contribution in [0.25, 0.3) is 32.3 Å². The minimum Gasteiger partial charge on any atom is -0.486 e. The van der Waals surface area contributed by atoms with Crippen LogP contribution < -0.4 is 4.74 Å². The van der Waals surface area contributed by atoms with Gasteiger partial charge in [-0.25, -0.2) is 4.98 Å². The molecule has 1 aliphatic rings. The summed E-state index contributed by atoms with van der Waals surface area (Å²) in [6.07, 6.45) is 3.64. The van der Waals surface area contributed by atoms with Gasteiger partial charge in [0.25, 0.3) is 0 Å². The van der Waals surface area contributed by atoms with Crippen LogP contribution in [0.1, 0.15) is 19.3 Å². The van der Waals surface area contributed by atoms with Crippen molar-refractivity contribution < 1.29 is 9.53 Å². The van der Waals surface area contributed by atoms with Crippen LogP contribution >= 0.6 is 11.3 Å². The summed E-state index contributed by atoms with van der Waals surface area (Å²) in [7, 11) is 0. The van der Waals surface area contributed by atoms with Crippen LogP contribution in [0.2, 0.25) is 0 Å². The van der Waals surface area contributed by atoms with Gasteiger partial charge >= 0.3 is 0 Å². The van der Waals surface area contributed by atoms with Crippen molar-refractivity contribution in [2.24, 2.45) is 0 Å². The average Bonchev–Trinajstić information content (AvgIpc) is 3.35. The topological polar surface area (TPSA) is 42.4 Å². The van der Waals surface area contributed by atoms with Gasteiger partial charge in [0.05, 0.1) is 17.1 Å². The van der Waals surface area contributed by atoms with Crippen LogP contribution in [-0.2, 0) is 4.79 Å². The molecule has 0 atom stereocenters. The maximum atomic E-state index is 12.3. The lowest BCUT2D eigenvalue weighted by Crippen LogP contribution is -2.36. The summed E-state index contributed by atoms with van der Waals surface area (Å²) in [6, 6.07) is 28.6. The number of ether oxygens (including phenoxy) is 1. The van der Waals surface area contributed by atoms with Gasteiger partial charge in [0.2, 0.25) is 0 Å². The number of Topliss-reactive ketones (excluding diaryl/α,β-unsaturated/α-hetero) is 1. The lowest BCUT2D eigenvalue weighted by molar-refractivity contribution is -0.122. The molecule has 1 aliphatic heterocycles. The average molecular weight is 469 g/mol. The summed E-state index contributed by atoms with van der Waals surface area (Å²) >= 11 is 1.69. The van der Waals surface area contributed by atoms with E-state index in [1.54, 1.807) is 11.3 Å². The molecule has 0 spiro atoms. The summed E-state index contributed by atoms with van der Waals surface area (Å²) in [5, 5.41) is 0.963. The van der Waals surface area contributed by atoms with E-state index in [2.05, 4.69) is 41.3 Å². The van der Waals surface area contributed by atoms with Crippen molar-refractivity contribution in [2.75, 3.05) is 26.2 Å². The zero-order chi connectivity index (χ0) is 23.2. The molecule has 0 unspecified atom stereocenters. The van der Waals surface area contributed by atoms with Crippen molar-refractivity contribution >= 4 is 17.1 Å². The van der Waals surface area contributed by atoms with E-state index in [4.69, 9.17) is 9.72 Å². The minimum atomic E-state index is 0.114. The molecule has 1 saturated heterocycles. The van der Waals surface area contributed by atoms with Crippen LogP contribution in [0.3, 0.4) is 0 Å². The number of ketones is 1. The summed E-state index contributed by atoms with van der Waals surface area (Å²) in [4.78, 5) is 20.7. The Morgan fingerprint density at radius 2 is 1.44 bits per heavy atom. The predicted molar refractivity (Wildman–Crippen MR) is 139 cm³/mol. The second kappa shape index (κ2) is 10.8. The first-order valence-electron chi connectivity index (χ1n) is 11.9. The van der Waals surface area contributed by atoms with Crippen molar-refractivity contribution in [3.05, 3.63) is 84.9 Å². The van der Waals surface area contributed by atoms with Gasteiger partial charge in [-0.3, -0.25) is 9.69 Å². The third kappa shape index (κ3) is 5.44. The molecule has 0 aliphatic carbocycles. The Hall–Kier alpha value is -3.28. The largest absolute Gasteiger partial charge is 0.486 e. The summed E-state index contributed by atoms with van der Waals surface area (Å²) < 4.78 is 5.77. The highest BCUT2D eigenvalue weighted by Gasteiger charge is 2.17. The normalized spacial score (nSPS) is 14.1. The molecule has 0 bridgehead atoms. The van der Waals surface area contributed by atoms with Gasteiger partial charge in [0.1, 0.15) is 17.4 Å². The number of thiazole rings is 1. The van der Waals surface area contributed by atoms with Crippen molar-refractivity contribution in [2.45, 2.75) is 19.3 Å². The van der Waals surface area contributed by atoms with Gasteiger partial charge in [-0.2, -0.15) is 0 Å². The number of likely N-dealkylation sites (tertiary alicyclic amines) is 1. The maximum Gasteiger partial charge on any atom is 0.184 e. The summed E-state index contributed by atoms with van der Waals surface area (Å²) in [5.74, 6) is 0.838. The van der Waals surface area contributed by atoms with Gasteiger partial charge in [0, 0.05) is 11.1 Å². The molecule has 5 rings (SSSR count). The number of rotatable bonds is 8. The number of piperidine rings is 1. The van der Waals surface area contributed by atoms with Crippen LogP contribution in [-0.4, -0.2) is 41.9 Å². The summed E-state index contributed by atoms with van der Waals surface area (Å²) in [6.45, 7) is 2.64. The molecule has 5 heteroatoms. The van der Waals surface area contributed by atoms with Gasteiger partial charge in [-0.15, -0.1) is 11.3 Å². The Morgan fingerprint density at radius 3 is 2.12 bits per heavy atom. The first-order valence-corrected chi connectivity index (χ1v) is 12.7. The lowest BCUT2D eigenvalue weighted by Gasteiger charge is -2.25. The van der Waals surface area contributed by atoms with E-state index >= 15 is 0 Å². The number of carbonyl (C=O) groups is 1. The fourth-order valence-electron chi connectivity index (χ4n) is 4.29. The first kappa shape index (κ1) is 22.5. The van der Waals surface area contributed by atoms with Crippen molar-refractivity contribution in [1.29, 1.82) is 0 Å². The smallest absolute Gasteiger partial charge is 0.184 e. The molecule has 34 heavy (non-hydrogen) atoms. The molecule has 4 nitrogen and oxygen atoms in total. The molecule has 0 amide bonds. The maximum absolute atomic E-state index is 12.3. The molecule has 1 aromatic heterocycles. The van der Waals surface area contributed by atoms with Gasteiger partial charge < -0.3 is 4.74 Å². The van der Waals surface area contributed by atoms with E-state index < -0.39 is 0 Å². The molecular formula is C29H28N2O2S. The van der Waals surface area contributed by atoms with Crippen molar-refractivity contribution in [3.8, 4) is 38.0 Å². The van der Waals surface area contributed by atoms with Gasteiger partial charge in [-0.05, 0) is 55.8 Å². The number of benzene rings is 3. The fraction of sp³-hybridized carbons (Fsp3) is 0.241. The third-order valence-corrected chi connectivity index (χ3v) is 7.21. The van der Waals surface area contributed by atoms with Crippen molar-refractivity contribution in [3.63, 3.8) is 0 Å². The highest BCUT2D eigenvalue weighted by molar-refractivity contribution is 7.19. The van der Waals surface area contributed by atoms with E-state index in [1.165, 1.54) is 19.3 Å². The van der Waals surface area contributed by atoms with Gasteiger partial charge in [0.15, 0.2) is 5.78 Å². The lowest BCUT2D eigenvalue weighted by atomic mass is 10.1. The number of carbonyl (C=O) groups excluding carboxylic acids is 1. The molecule has 0 radical (unpaired) electrons. The zero-order valence-corrected chi connectivity index (χ0v) is 20.0. The molecule has 0 N–H and O–H groups in total. The number of hydrogen-bond acceptors (Lipinski definition) is 5. The standard InChI is InChI=1S/C29H28N2O2S/c32-25(20-31-18-8-3-9-19-31)21-33-26-16-14-24(15-17-26)29-30-27(22-10-4-1-5-11-22)28(34-29)23-12-6-2-7-13-23/h1-2,4-7,10-17H,3,8-9,18-21H2. The van der Waals surface area contributed by atoms with Crippen LogP contribution in [0.5, 0.6) is 5.75 Å². The van der Waals surface area contributed by atoms with Gasteiger partial charge in [-0.1, -0.05) is 67.1 Å². The molecule has 4 aromatic rings. The minimum absolute atomic E-state index is 0.114. The molecule has 3 aromatic carbocycles. The Kier molecular flexibility index (Phi) is 7.13. The highest BCUT2D eigenvalue weighted by Crippen LogP contribution is 2.40. The Morgan fingerprint density at radius 1 is 0.794 bits per heavy atom. The van der Waals surface area contributed by atoms with Crippen LogP contribution in [0.15, 0.2) is 84.9 Å². The molecular weight excluding hydrogens is 440 g/mol. The second-order valence-electron chi connectivity index (χ2n) is 8.62. The number of hydrogen-bond donors (Lipinski definition) is 0. The monoisotopic (exact) mass is 468 g/mol. The highest BCUT2D eigenvalue weighted by atomic mass is 32.1. The molecule has 2 heterocycles. The van der Waals surface area contributed by atoms with Crippen LogP contribution in [0.4, 0.5) is 0 Å². The van der Waals surface area contributed by atoms with E-state index in [1.807, 2.05) is 48.5 Å². The van der Waals surface area contributed by atoms with E-state index in [0.717, 1.165) is 45.4 Å². The molecule has 172 valence electrons. The van der Waals surface area contributed by atoms with Crippen LogP contribution in [0, 0.1) is 0 Å². The first-order chi connectivity index (χ1) is 16.8. The third-order valence-electron chi connectivity index (χ3n) is 6.06. The summed E-state index contributed by atoms with van der Waals surface area (Å²) in [5.41, 5.74) is 4.31. The predicted octanol–water partition coefficient (Wildman–Crippen LogP) is 6.58. The van der Waals surface area contributed by atoms with E-state index in [0.29, 0.717) is 12.3 Å². The molecule has 0 saturated carbocycles. The molecule has 1 fully saturated rings. The Balaban J connectivity index is 1.31. The quantitative estimate of drug-likeness (QED) is 0.293. The van der Waals surface area contributed by atoms with Crippen molar-refractivity contribution in [1.82, 2.24) is 9.88 Å². The fourth-order valence-corrected chi connectivity index (χ4v) is 5.39. The number of aromatic nitrogens is 1. The number of nitrogens with zero attached hydrogens (tertiary/aromatic N) is 2. The zero-order valence-electron chi connectivity index (χ0n) is 19.2. The van der Waals surface area contributed by atoms with E-state index in [-0.39, 0.29) is 12.4 Å². The Bertz CT molecular complexity index is 1160. The second-order valence-corrected chi connectivity index (χ2v) is 9.62.